The molecule has 2 atom stereocenters. The van der Waals surface area contributed by atoms with Crippen molar-refractivity contribution in [3.63, 3.8) is 0 Å². The van der Waals surface area contributed by atoms with Crippen LogP contribution in [0.1, 0.15) is 50.8 Å². The van der Waals surface area contributed by atoms with Gasteiger partial charge >= 0.3 is 6.09 Å². The number of amides is 1. The molecule has 31 heavy (non-hydrogen) atoms. The highest BCUT2D eigenvalue weighted by Crippen LogP contribution is 2.42. The number of ether oxygens (including phenoxy) is 1. The topological polar surface area (TPSA) is 62.7 Å². The summed E-state index contributed by atoms with van der Waals surface area (Å²) in [5, 5.41) is 10.5. The molecule has 162 valence electrons. The average molecular weight is 437 g/mol. The molecule has 4 rings (SSSR count). The van der Waals surface area contributed by atoms with Crippen LogP contribution < -0.4 is 0 Å². The van der Waals surface area contributed by atoms with Crippen LogP contribution >= 0.6 is 11.3 Å². The van der Waals surface area contributed by atoms with Gasteiger partial charge in [-0.2, -0.15) is 0 Å². The fourth-order valence-electron chi connectivity index (χ4n) is 4.36. The van der Waals surface area contributed by atoms with Gasteiger partial charge in [-0.25, -0.2) is 4.79 Å². The second-order valence-corrected chi connectivity index (χ2v) is 9.71. The molecular formula is C25H28N2O3S. The molecule has 6 heteroatoms. The van der Waals surface area contributed by atoms with E-state index in [-0.39, 0.29) is 12.1 Å². The molecule has 0 aliphatic carbocycles. The molecule has 2 aromatic carbocycles. The van der Waals surface area contributed by atoms with Crippen LogP contribution in [0.25, 0.3) is 10.4 Å². The third-order valence-electron chi connectivity index (χ3n) is 5.87. The largest absolute Gasteiger partial charge is 0.438 e. The highest BCUT2D eigenvalue weighted by Gasteiger charge is 2.46. The van der Waals surface area contributed by atoms with E-state index in [2.05, 4.69) is 29.2 Å². The summed E-state index contributed by atoms with van der Waals surface area (Å²) in [5.41, 5.74) is 3.13. The second-order valence-electron chi connectivity index (χ2n) is 8.82. The third-order valence-corrected chi connectivity index (χ3v) is 6.69. The van der Waals surface area contributed by atoms with Gasteiger partial charge < -0.3 is 14.7 Å². The van der Waals surface area contributed by atoms with Crippen LogP contribution in [-0.2, 0) is 10.3 Å². The van der Waals surface area contributed by atoms with E-state index in [0.717, 1.165) is 21.6 Å². The maximum absolute atomic E-state index is 13.2. The van der Waals surface area contributed by atoms with Gasteiger partial charge in [-0.05, 0) is 37.5 Å². The number of aliphatic hydroxyl groups is 1. The maximum atomic E-state index is 13.2. The van der Waals surface area contributed by atoms with Gasteiger partial charge in [-0.15, -0.1) is 11.3 Å². The molecule has 3 aromatic rings. The summed E-state index contributed by atoms with van der Waals surface area (Å²) in [7, 11) is 0. The lowest BCUT2D eigenvalue weighted by molar-refractivity contribution is -0.101. The first-order valence-electron chi connectivity index (χ1n) is 10.5. The van der Waals surface area contributed by atoms with Crippen molar-refractivity contribution in [2.75, 3.05) is 6.54 Å². The lowest BCUT2D eigenvalue weighted by Crippen LogP contribution is -2.51. The highest BCUT2D eigenvalue weighted by molar-refractivity contribution is 7.13. The van der Waals surface area contributed by atoms with Gasteiger partial charge in [-0.1, -0.05) is 54.6 Å². The monoisotopic (exact) mass is 436 g/mol. The lowest BCUT2D eigenvalue weighted by Gasteiger charge is -2.45. The summed E-state index contributed by atoms with van der Waals surface area (Å²) in [5.74, 6) is 0. The summed E-state index contributed by atoms with van der Waals surface area (Å²) in [4.78, 5) is 20.2. The predicted molar refractivity (Wildman–Crippen MR) is 123 cm³/mol. The molecule has 0 saturated carbocycles. The van der Waals surface area contributed by atoms with Gasteiger partial charge in [0.25, 0.3) is 0 Å². The number of aromatic nitrogens is 1. The molecule has 0 bridgehead atoms. The fourth-order valence-corrected chi connectivity index (χ4v) is 4.98. The first-order chi connectivity index (χ1) is 14.8. The standard InChI is InChI=1S/C25H28N2O3S/c1-18(19-9-11-20(12-10-19)22-15-26-17-31-22)27-14-13-25(30-23(27)28,16-24(2,3)29)21-7-5-4-6-8-21/h4-12,15,17-18,29H,13-14,16H2,1-3H3/t18-,25?/m0/s1. The molecular weight excluding hydrogens is 408 g/mol. The van der Waals surface area contributed by atoms with Crippen LogP contribution in [0, 0.1) is 0 Å². The molecule has 5 nitrogen and oxygen atoms in total. The van der Waals surface area contributed by atoms with Crippen molar-refractivity contribution in [1.82, 2.24) is 9.88 Å². The number of benzene rings is 2. The van der Waals surface area contributed by atoms with Gasteiger partial charge in [-0.3, -0.25) is 4.98 Å². The Morgan fingerprint density at radius 3 is 2.48 bits per heavy atom. The molecule has 1 unspecified atom stereocenters. The van der Waals surface area contributed by atoms with Crippen LogP contribution in [0.2, 0.25) is 0 Å². The highest BCUT2D eigenvalue weighted by atomic mass is 32.1. The number of rotatable bonds is 6. The normalized spacial score (nSPS) is 20.4. The van der Waals surface area contributed by atoms with Crippen molar-refractivity contribution in [3.8, 4) is 10.4 Å². The second kappa shape index (κ2) is 8.44. The van der Waals surface area contributed by atoms with E-state index in [1.165, 1.54) is 0 Å². The van der Waals surface area contributed by atoms with Crippen LogP contribution in [0.15, 0.2) is 66.3 Å². The minimum absolute atomic E-state index is 0.112. The van der Waals surface area contributed by atoms with Crippen LogP contribution in [0.5, 0.6) is 0 Å². The Kier molecular flexibility index (Phi) is 5.86. The van der Waals surface area contributed by atoms with E-state index in [1.54, 1.807) is 30.1 Å². The fraction of sp³-hybridized carbons (Fsp3) is 0.360. The molecule has 0 radical (unpaired) electrons. The van der Waals surface area contributed by atoms with E-state index in [4.69, 9.17) is 4.74 Å². The number of hydrogen-bond acceptors (Lipinski definition) is 5. The summed E-state index contributed by atoms with van der Waals surface area (Å²) >= 11 is 1.60. The molecule has 1 fully saturated rings. The van der Waals surface area contributed by atoms with Crippen molar-refractivity contribution in [1.29, 1.82) is 0 Å². The maximum Gasteiger partial charge on any atom is 0.411 e. The molecule has 1 aromatic heterocycles. The average Bonchev–Trinajstić information content (AvgIpc) is 3.28. The first kappa shape index (κ1) is 21.5. The zero-order valence-electron chi connectivity index (χ0n) is 18.1. The van der Waals surface area contributed by atoms with Crippen molar-refractivity contribution >= 4 is 17.4 Å². The number of carbonyl (C=O) groups excluding carboxylic acids is 1. The van der Waals surface area contributed by atoms with Crippen LogP contribution in [0.3, 0.4) is 0 Å². The minimum Gasteiger partial charge on any atom is -0.438 e. The molecule has 1 amide bonds. The lowest BCUT2D eigenvalue weighted by atomic mass is 9.80. The Labute approximate surface area is 187 Å². The zero-order valence-corrected chi connectivity index (χ0v) is 18.9. The summed E-state index contributed by atoms with van der Waals surface area (Å²) < 4.78 is 6.09. The van der Waals surface area contributed by atoms with E-state index < -0.39 is 11.2 Å². The van der Waals surface area contributed by atoms with Crippen molar-refractivity contribution in [2.24, 2.45) is 0 Å². The first-order valence-corrected chi connectivity index (χ1v) is 11.4. The van der Waals surface area contributed by atoms with Gasteiger partial charge in [0.05, 0.1) is 22.0 Å². The van der Waals surface area contributed by atoms with Gasteiger partial charge in [0.15, 0.2) is 0 Å². The van der Waals surface area contributed by atoms with E-state index in [0.29, 0.717) is 19.4 Å². The molecule has 0 spiro atoms. The quantitative estimate of drug-likeness (QED) is 0.533. The molecule has 1 aliphatic heterocycles. The number of nitrogens with zero attached hydrogens (tertiary/aromatic N) is 2. The third kappa shape index (κ3) is 4.65. The Hall–Kier alpha value is -2.70. The van der Waals surface area contributed by atoms with Crippen molar-refractivity contribution in [2.45, 2.75) is 50.9 Å². The van der Waals surface area contributed by atoms with Crippen molar-refractivity contribution in [3.05, 3.63) is 77.4 Å². The Balaban J connectivity index is 1.54. The number of carbonyl (C=O) groups is 1. The van der Waals surface area contributed by atoms with Crippen LogP contribution in [0.4, 0.5) is 4.79 Å². The number of cyclic esters (lactones) is 1. The molecule has 2 heterocycles. The zero-order chi connectivity index (χ0) is 22.1. The molecule has 1 N–H and O–H groups in total. The van der Waals surface area contributed by atoms with Gasteiger partial charge in [0.2, 0.25) is 0 Å². The van der Waals surface area contributed by atoms with E-state index in [9.17, 15) is 9.90 Å². The van der Waals surface area contributed by atoms with E-state index in [1.807, 2.05) is 49.0 Å². The minimum atomic E-state index is -0.962. The number of hydrogen-bond donors (Lipinski definition) is 1. The van der Waals surface area contributed by atoms with Crippen molar-refractivity contribution < 1.29 is 14.6 Å². The smallest absolute Gasteiger partial charge is 0.411 e. The number of thiazole rings is 1. The summed E-state index contributed by atoms with van der Waals surface area (Å²) in [6.45, 7) is 6.09. The summed E-state index contributed by atoms with van der Waals surface area (Å²) in [6.07, 6.45) is 2.48. The van der Waals surface area contributed by atoms with Gasteiger partial charge in [0.1, 0.15) is 5.60 Å². The Morgan fingerprint density at radius 2 is 1.90 bits per heavy atom. The van der Waals surface area contributed by atoms with E-state index >= 15 is 0 Å². The summed E-state index contributed by atoms with van der Waals surface area (Å²) in [6, 6.07) is 17.9. The van der Waals surface area contributed by atoms with Crippen LogP contribution in [-0.4, -0.2) is 33.2 Å². The SMILES string of the molecule is C[C@@H](c1ccc(-c2cncs2)cc1)N1CCC(CC(C)(C)O)(c2ccccc2)OC1=O. The molecule has 1 saturated heterocycles. The Morgan fingerprint density at radius 1 is 1.19 bits per heavy atom. The Bertz CT molecular complexity index is 1010. The molecule has 1 aliphatic rings. The predicted octanol–water partition coefficient (Wildman–Crippen LogP) is 5.77. The van der Waals surface area contributed by atoms with Gasteiger partial charge in [0, 0.05) is 25.6 Å².